The first-order chi connectivity index (χ1) is 9.36. The number of rotatable bonds is 8. The van der Waals surface area contributed by atoms with Gasteiger partial charge in [-0.1, -0.05) is 44.5 Å². The molecule has 1 aromatic rings. The van der Waals surface area contributed by atoms with Gasteiger partial charge in [0.05, 0.1) is 12.6 Å². The highest BCUT2D eigenvalue weighted by Gasteiger charge is 2.24. The standard InChI is InChI=1S/C17H27NO/c1-3-12-19-13-17(18-4-2)16-11-6-5-10-15(16)14-8-7-9-14/h5-6,10-11,14,17-18H,3-4,7-9,12-13H2,1-2H3. The van der Waals surface area contributed by atoms with Gasteiger partial charge in [-0.3, -0.25) is 0 Å². The molecule has 1 aromatic carbocycles. The van der Waals surface area contributed by atoms with Crippen molar-refractivity contribution in [1.82, 2.24) is 5.32 Å². The van der Waals surface area contributed by atoms with E-state index in [1.807, 2.05) is 0 Å². The van der Waals surface area contributed by atoms with E-state index in [4.69, 9.17) is 4.74 Å². The normalized spacial score (nSPS) is 17.2. The van der Waals surface area contributed by atoms with E-state index in [1.54, 1.807) is 5.56 Å². The number of nitrogens with one attached hydrogen (secondary N) is 1. The zero-order valence-electron chi connectivity index (χ0n) is 12.3. The number of benzene rings is 1. The fraction of sp³-hybridized carbons (Fsp3) is 0.647. The highest BCUT2D eigenvalue weighted by molar-refractivity contribution is 5.34. The summed E-state index contributed by atoms with van der Waals surface area (Å²) >= 11 is 0. The van der Waals surface area contributed by atoms with Crippen molar-refractivity contribution in [1.29, 1.82) is 0 Å². The summed E-state index contributed by atoms with van der Waals surface area (Å²) in [4.78, 5) is 0. The van der Waals surface area contributed by atoms with Crippen molar-refractivity contribution in [3.63, 3.8) is 0 Å². The van der Waals surface area contributed by atoms with Crippen LogP contribution in [0.1, 0.15) is 62.6 Å². The fourth-order valence-electron chi connectivity index (χ4n) is 2.77. The first-order valence-electron chi connectivity index (χ1n) is 7.76. The van der Waals surface area contributed by atoms with Crippen LogP contribution in [0.3, 0.4) is 0 Å². The van der Waals surface area contributed by atoms with Gasteiger partial charge in [-0.25, -0.2) is 0 Å². The molecule has 1 atom stereocenters. The molecule has 0 heterocycles. The zero-order valence-corrected chi connectivity index (χ0v) is 12.3. The van der Waals surface area contributed by atoms with Gasteiger partial charge < -0.3 is 10.1 Å². The van der Waals surface area contributed by atoms with Crippen LogP contribution in [-0.4, -0.2) is 19.8 Å². The lowest BCUT2D eigenvalue weighted by atomic mass is 9.77. The van der Waals surface area contributed by atoms with Gasteiger partial charge in [0.1, 0.15) is 0 Å². The molecule has 0 amide bonds. The molecule has 1 saturated carbocycles. The van der Waals surface area contributed by atoms with Crippen molar-refractivity contribution < 1.29 is 4.74 Å². The quantitative estimate of drug-likeness (QED) is 0.713. The van der Waals surface area contributed by atoms with E-state index in [2.05, 4.69) is 43.4 Å². The van der Waals surface area contributed by atoms with Crippen LogP contribution in [0.2, 0.25) is 0 Å². The Morgan fingerprint density at radius 1 is 1.26 bits per heavy atom. The Hall–Kier alpha value is -0.860. The first kappa shape index (κ1) is 14.5. The number of ether oxygens (including phenoxy) is 1. The van der Waals surface area contributed by atoms with Gasteiger partial charge in [0, 0.05) is 6.61 Å². The summed E-state index contributed by atoms with van der Waals surface area (Å²) in [6, 6.07) is 9.25. The average molecular weight is 261 g/mol. The Bertz CT molecular complexity index is 373. The summed E-state index contributed by atoms with van der Waals surface area (Å²) in [5.74, 6) is 0.781. The summed E-state index contributed by atoms with van der Waals surface area (Å²) in [7, 11) is 0. The van der Waals surface area contributed by atoms with Crippen LogP contribution in [0.15, 0.2) is 24.3 Å². The van der Waals surface area contributed by atoms with Crippen molar-refractivity contribution in [2.45, 2.75) is 51.5 Å². The van der Waals surface area contributed by atoms with Crippen molar-refractivity contribution in [3.8, 4) is 0 Å². The first-order valence-corrected chi connectivity index (χ1v) is 7.76. The fourth-order valence-corrected chi connectivity index (χ4v) is 2.77. The van der Waals surface area contributed by atoms with Crippen molar-refractivity contribution in [2.24, 2.45) is 0 Å². The molecule has 2 nitrogen and oxygen atoms in total. The van der Waals surface area contributed by atoms with Gasteiger partial charge in [0.25, 0.3) is 0 Å². The second-order valence-corrected chi connectivity index (χ2v) is 5.44. The molecule has 1 fully saturated rings. The molecular formula is C17H27NO. The molecule has 2 heteroatoms. The average Bonchev–Trinajstić information content (AvgIpc) is 2.37. The van der Waals surface area contributed by atoms with Gasteiger partial charge >= 0.3 is 0 Å². The van der Waals surface area contributed by atoms with Crippen LogP contribution in [0.5, 0.6) is 0 Å². The Kier molecular flexibility index (Phi) is 5.87. The molecule has 2 rings (SSSR count). The Labute approximate surface area is 117 Å². The molecule has 1 aliphatic rings. The molecule has 1 aliphatic carbocycles. The molecule has 0 aromatic heterocycles. The molecule has 0 bridgehead atoms. The Morgan fingerprint density at radius 2 is 2.05 bits per heavy atom. The lowest BCUT2D eigenvalue weighted by molar-refractivity contribution is 0.112. The minimum atomic E-state index is 0.341. The monoisotopic (exact) mass is 261 g/mol. The second kappa shape index (κ2) is 7.66. The van der Waals surface area contributed by atoms with Gasteiger partial charge in [0.15, 0.2) is 0 Å². The molecule has 0 aliphatic heterocycles. The summed E-state index contributed by atoms with van der Waals surface area (Å²) < 4.78 is 5.78. The number of hydrogen-bond donors (Lipinski definition) is 1. The maximum absolute atomic E-state index is 5.78. The smallest absolute Gasteiger partial charge is 0.0661 e. The molecule has 19 heavy (non-hydrogen) atoms. The van der Waals surface area contributed by atoms with Gasteiger partial charge in [-0.2, -0.15) is 0 Å². The van der Waals surface area contributed by atoms with Crippen LogP contribution in [0.4, 0.5) is 0 Å². The van der Waals surface area contributed by atoms with Crippen LogP contribution >= 0.6 is 0 Å². The molecule has 0 radical (unpaired) electrons. The highest BCUT2D eigenvalue weighted by atomic mass is 16.5. The molecule has 1 unspecified atom stereocenters. The maximum atomic E-state index is 5.78. The van der Waals surface area contributed by atoms with Crippen molar-refractivity contribution in [3.05, 3.63) is 35.4 Å². The van der Waals surface area contributed by atoms with Crippen LogP contribution in [0, 0.1) is 0 Å². The summed E-state index contributed by atoms with van der Waals surface area (Å²) in [5.41, 5.74) is 2.99. The Balaban J connectivity index is 2.10. The predicted octanol–water partition coefficient (Wildman–Crippen LogP) is 4.03. The van der Waals surface area contributed by atoms with E-state index >= 15 is 0 Å². The number of hydrogen-bond acceptors (Lipinski definition) is 2. The lowest BCUT2D eigenvalue weighted by Crippen LogP contribution is -2.27. The van der Waals surface area contributed by atoms with Crippen LogP contribution in [-0.2, 0) is 4.74 Å². The minimum Gasteiger partial charge on any atom is -0.379 e. The summed E-state index contributed by atoms with van der Waals surface area (Å²) in [6.07, 6.45) is 5.18. The molecule has 106 valence electrons. The predicted molar refractivity (Wildman–Crippen MR) is 80.6 cm³/mol. The van der Waals surface area contributed by atoms with Crippen molar-refractivity contribution >= 4 is 0 Å². The van der Waals surface area contributed by atoms with E-state index in [0.29, 0.717) is 6.04 Å². The SMILES string of the molecule is CCCOCC(NCC)c1ccccc1C1CCC1. The summed E-state index contributed by atoms with van der Waals surface area (Å²) in [5, 5.41) is 3.58. The minimum absolute atomic E-state index is 0.341. The van der Waals surface area contributed by atoms with Crippen molar-refractivity contribution in [2.75, 3.05) is 19.8 Å². The lowest BCUT2D eigenvalue weighted by Gasteiger charge is -2.30. The van der Waals surface area contributed by atoms with E-state index in [0.717, 1.165) is 32.1 Å². The van der Waals surface area contributed by atoms with E-state index in [9.17, 15) is 0 Å². The van der Waals surface area contributed by atoms with E-state index in [-0.39, 0.29) is 0 Å². The molecule has 1 N–H and O–H groups in total. The second-order valence-electron chi connectivity index (χ2n) is 5.44. The summed E-state index contributed by atoms with van der Waals surface area (Å²) in [6.45, 7) is 6.95. The third-order valence-corrected chi connectivity index (χ3v) is 4.00. The van der Waals surface area contributed by atoms with Crippen LogP contribution < -0.4 is 5.32 Å². The van der Waals surface area contributed by atoms with E-state index < -0.39 is 0 Å². The molecule has 0 spiro atoms. The molecule has 0 saturated heterocycles. The topological polar surface area (TPSA) is 21.3 Å². The number of likely N-dealkylation sites (N-methyl/N-ethyl adjacent to an activating group) is 1. The largest absolute Gasteiger partial charge is 0.379 e. The third kappa shape index (κ3) is 3.80. The van der Waals surface area contributed by atoms with E-state index in [1.165, 1.54) is 24.8 Å². The zero-order chi connectivity index (χ0) is 13.5. The van der Waals surface area contributed by atoms with Gasteiger partial charge in [0.2, 0.25) is 0 Å². The van der Waals surface area contributed by atoms with Crippen LogP contribution in [0.25, 0.3) is 0 Å². The highest BCUT2D eigenvalue weighted by Crippen LogP contribution is 2.39. The molecular weight excluding hydrogens is 234 g/mol. The third-order valence-electron chi connectivity index (χ3n) is 4.00. The Morgan fingerprint density at radius 3 is 2.68 bits per heavy atom. The van der Waals surface area contributed by atoms with Gasteiger partial charge in [-0.15, -0.1) is 0 Å². The maximum Gasteiger partial charge on any atom is 0.0661 e. The van der Waals surface area contributed by atoms with Gasteiger partial charge in [-0.05, 0) is 42.9 Å².